The van der Waals surface area contributed by atoms with Crippen LogP contribution in [-0.4, -0.2) is 45.8 Å². The minimum absolute atomic E-state index is 0.0550. The summed E-state index contributed by atoms with van der Waals surface area (Å²) in [4.78, 5) is 7.94. The predicted molar refractivity (Wildman–Crippen MR) is 130 cm³/mol. The zero-order valence-electron chi connectivity index (χ0n) is 17.0. The second kappa shape index (κ2) is 12.0. The smallest absolute Gasteiger partial charge is 0.211 e. The molecule has 2 aromatic carbocycles. The van der Waals surface area contributed by atoms with E-state index in [0.29, 0.717) is 9.98 Å². The van der Waals surface area contributed by atoms with Crippen molar-refractivity contribution in [3.63, 3.8) is 0 Å². The fraction of sp³-hybridized carbons (Fsp3) is 0.143. The Balaban J connectivity index is 2.10. The highest BCUT2D eigenvalue weighted by atomic mass is 32.1. The standard InChI is InChI=1S/C21H20N8S2/c1-23-25-19(27-29(3)21(31)17-12-8-5-9-13-17)14-18(24-15-22)26-28(2)20(30)16-10-6-4-7-11-16/h4-13H,14H2,2-3H3,(H,24,26)(H,25,27). The van der Waals surface area contributed by atoms with E-state index in [4.69, 9.17) is 36.3 Å². The van der Waals surface area contributed by atoms with Gasteiger partial charge in [0.25, 0.3) is 0 Å². The summed E-state index contributed by atoms with van der Waals surface area (Å²) in [7, 11) is 3.44. The fourth-order valence-electron chi connectivity index (χ4n) is 2.52. The number of rotatable bonds is 4. The van der Waals surface area contributed by atoms with E-state index in [9.17, 15) is 0 Å². The zero-order chi connectivity index (χ0) is 22.6. The van der Waals surface area contributed by atoms with Gasteiger partial charge in [0.2, 0.25) is 12.0 Å². The Kier molecular flexibility index (Phi) is 9.05. The average molecular weight is 449 g/mol. The van der Waals surface area contributed by atoms with E-state index in [-0.39, 0.29) is 18.1 Å². The van der Waals surface area contributed by atoms with Crippen LogP contribution in [0.15, 0.2) is 70.8 Å². The van der Waals surface area contributed by atoms with Crippen LogP contribution in [0.3, 0.4) is 0 Å². The van der Waals surface area contributed by atoms with E-state index in [1.165, 1.54) is 0 Å². The molecule has 2 aromatic rings. The summed E-state index contributed by atoms with van der Waals surface area (Å²) in [6.45, 7) is 7.11. The van der Waals surface area contributed by atoms with Crippen molar-refractivity contribution in [3.8, 4) is 6.19 Å². The average Bonchev–Trinajstić information content (AvgIpc) is 2.79. The number of hydrogen-bond acceptors (Lipinski definition) is 5. The third-order valence-corrected chi connectivity index (χ3v) is 4.95. The van der Waals surface area contributed by atoms with Gasteiger partial charge in [0, 0.05) is 25.2 Å². The van der Waals surface area contributed by atoms with Crippen molar-refractivity contribution < 1.29 is 0 Å². The molecular weight excluding hydrogens is 428 g/mol. The minimum Gasteiger partial charge on any atom is -0.284 e. The number of nitrogens with one attached hydrogen (secondary N) is 2. The Bertz CT molecular complexity index is 967. The van der Waals surface area contributed by atoms with Crippen molar-refractivity contribution in [3.05, 3.63) is 83.3 Å². The Morgan fingerprint density at radius 2 is 1.39 bits per heavy atom. The molecule has 8 nitrogen and oxygen atoms in total. The van der Waals surface area contributed by atoms with Crippen LogP contribution >= 0.6 is 24.4 Å². The molecule has 2 N–H and O–H groups in total. The van der Waals surface area contributed by atoms with Crippen molar-refractivity contribution in [2.24, 2.45) is 10.1 Å². The lowest BCUT2D eigenvalue weighted by molar-refractivity contribution is 0.454. The van der Waals surface area contributed by atoms with Crippen LogP contribution in [0, 0.1) is 18.0 Å². The van der Waals surface area contributed by atoms with Gasteiger partial charge in [-0.15, -0.1) is 4.95 Å². The number of amidine groups is 2. The van der Waals surface area contributed by atoms with Crippen LogP contribution < -0.4 is 10.9 Å². The minimum atomic E-state index is 0.0550. The molecule has 0 heterocycles. The van der Waals surface area contributed by atoms with E-state index < -0.39 is 0 Å². The summed E-state index contributed by atoms with van der Waals surface area (Å²) in [5, 5.41) is 16.0. The van der Waals surface area contributed by atoms with Crippen molar-refractivity contribution in [2.75, 3.05) is 14.1 Å². The number of thiocarbonyl (C=S) groups is 2. The highest BCUT2D eigenvalue weighted by Crippen LogP contribution is 2.05. The molecule has 2 rings (SSSR count). The molecule has 0 atom stereocenters. The predicted octanol–water partition coefficient (Wildman–Crippen LogP) is 3.11. The van der Waals surface area contributed by atoms with E-state index in [1.807, 2.05) is 60.7 Å². The first-order valence-electron chi connectivity index (χ1n) is 9.04. The van der Waals surface area contributed by atoms with Crippen LogP contribution in [0.1, 0.15) is 17.5 Å². The number of hydrazine groups is 2. The molecule has 0 aliphatic carbocycles. The van der Waals surface area contributed by atoms with Crippen molar-refractivity contribution in [1.29, 1.82) is 5.26 Å². The Morgan fingerprint density at radius 3 is 1.81 bits per heavy atom. The third kappa shape index (κ3) is 7.16. The summed E-state index contributed by atoms with van der Waals surface area (Å²) >= 11 is 11.0. The van der Waals surface area contributed by atoms with Gasteiger partial charge in [-0.05, 0) is 0 Å². The molecule has 0 spiro atoms. The van der Waals surface area contributed by atoms with Crippen molar-refractivity contribution in [2.45, 2.75) is 6.42 Å². The van der Waals surface area contributed by atoms with E-state index >= 15 is 0 Å². The summed E-state index contributed by atoms with van der Waals surface area (Å²) in [6.07, 6.45) is 1.81. The van der Waals surface area contributed by atoms with Gasteiger partial charge in [0.05, 0.1) is 6.42 Å². The second-order valence-corrected chi connectivity index (χ2v) is 6.94. The zero-order valence-corrected chi connectivity index (χ0v) is 18.6. The molecule has 0 unspecified atom stereocenters. The SMILES string of the molecule is [C-]#[N+]/N=C(/CC(=NC#N)NN(C)C(=S)c1ccccc1)NN(C)C(=S)c1ccccc1. The van der Waals surface area contributed by atoms with Gasteiger partial charge < -0.3 is 0 Å². The lowest BCUT2D eigenvalue weighted by atomic mass is 10.2. The first-order chi connectivity index (χ1) is 15.0. The normalized spacial score (nSPS) is 11.0. The molecule has 0 amide bonds. The van der Waals surface area contributed by atoms with Gasteiger partial charge in [-0.3, -0.25) is 20.9 Å². The number of aliphatic imine (C=N–C) groups is 1. The van der Waals surface area contributed by atoms with Gasteiger partial charge in [-0.2, -0.15) is 16.8 Å². The molecule has 0 aliphatic rings. The summed E-state index contributed by atoms with van der Waals surface area (Å²) in [5.41, 5.74) is 7.65. The lowest BCUT2D eigenvalue weighted by Crippen LogP contribution is -2.47. The van der Waals surface area contributed by atoms with Crippen molar-refractivity contribution in [1.82, 2.24) is 20.9 Å². The van der Waals surface area contributed by atoms with Crippen LogP contribution in [0.4, 0.5) is 0 Å². The third-order valence-electron chi connectivity index (χ3n) is 3.93. The number of nitrogens with zero attached hydrogens (tertiary/aromatic N) is 6. The summed E-state index contributed by atoms with van der Waals surface area (Å²) in [5.74, 6) is 0.522. The molecular formula is C21H20N8S2. The van der Waals surface area contributed by atoms with E-state index in [0.717, 1.165) is 11.1 Å². The molecule has 0 aromatic heterocycles. The topological polar surface area (TPSA) is 83.4 Å². The molecule has 10 heteroatoms. The summed E-state index contributed by atoms with van der Waals surface area (Å²) in [6, 6.07) is 18.9. The molecule has 0 saturated carbocycles. The molecule has 0 fully saturated rings. The lowest BCUT2D eigenvalue weighted by Gasteiger charge is -2.24. The van der Waals surface area contributed by atoms with E-state index in [1.54, 1.807) is 30.3 Å². The highest BCUT2D eigenvalue weighted by Gasteiger charge is 2.16. The van der Waals surface area contributed by atoms with Gasteiger partial charge in [0.15, 0.2) is 0 Å². The van der Waals surface area contributed by atoms with Gasteiger partial charge in [-0.1, -0.05) is 85.1 Å². The maximum atomic E-state index is 9.09. The van der Waals surface area contributed by atoms with Gasteiger partial charge >= 0.3 is 0 Å². The Hall–Kier alpha value is -3.86. The molecule has 31 heavy (non-hydrogen) atoms. The van der Waals surface area contributed by atoms with Gasteiger partial charge in [0.1, 0.15) is 20.9 Å². The monoisotopic (exact) mass is 448 g/mol. The second-order valence-electron chi connectivity index (χ2n) is 6.17. The van der Waals surface area contributed by atoms with Gasteiger partial charge in [-0.25, -0.2) is 0 Å². The summed E-state index contributed by atoms with van der Waals surface area (Å²) < 4.78 is 0. The van der Waals surface area contributed by atoms with Crippen LogP contribution in [-0.2, 0) is 0 Å². The Labute approximate surface area is 192 Å². The fourth-order valence-corrected chi connectivity index (χ4v) is 2.88. The molecule has 0 aliphatic heterocycles. The number of nitriles is 1. The first kappa shape index (κ1) is 23.4. The maximum absolute atomic E-state index is 9.09. The van der Waals surface area contributed by atoms with Crippen LogP contribution in [0.25, 0.3) is 4.95 Å². The first-order valence-corrected chi connectivity index (χ1v) is 9.86. The Morgan fingerprint density at radius 1 is 0.935 bits per heavy atom. The molecule has 156 valence electrons. The quantitative estimate of drug-likeness (QED) is 0.186. The van der Waals surface area contributed by atoms with Crippen molar-refractivity contribution >= 4 is 46.1 Å². The number of hydrogen-bond donors (Lipinski definition) is 2. The maximum Gasteiger partial charge on any atom is 0.211 e. The van der Waals surface area contributed by atoms with Crippen LogP contribution in [0.5, 0.6) is 0 Å². The number of benzene rings is 2. The molecule has 0 saturated heterocycles. The van der Waals surface area contributed by atoms with E-state index in [2.05, 4.69) is 25.9 Å². The largest absolute Gasteiger partial charge is 0.284 e. The highest BCUT2D eigenvalue weighted by molar-refractivity contribution is 7.80. The van der Waals surface area contributed by atoms with Crippen LogP contribution in [0.2, 0.25) is 0 Å². The molecule has 0 bridgehead atoms. The molecule has 0 radical (unpaired) electrons.